The minimum atomic E-state index is -0.416. The number of carbonyl (C=O) groups is 1. The van der Waals surface area contributed by atoms with Gasteiger partial charge in [-0.15, -0.1) is 0 Å². The highest BCUT2D eigenvalue weighted by molar-refractivity contribution is 5.78. The van der Waals surface area contributed by atoms with E-state index in [0.29, 0.717) is 11.6 Å². The summed E-state index contributed by atoms with van der Waals surface area (Å²) in [6.07, 6.45) is 5.00. The Morgan fingerprint density at radius 1 is 1.30 bits per heavy atom. The Bertz CT molecular complexity index is 552. The lowest BCUT2D eigenvalue weighted by atomic mass is 10.0. The Balaban J connectivity index is 1.46. The van der Waals surface area contributed by atoms with Crippen LogP contribution in [0.5, 0.6) is 5.75 Å². The average Bonchev–Trinajstić information content (AvgIpc) is 3.38. The highest BCUT2D eigenvalue weighted by Crippen LogP contribution is 2.28. The number of piperidine rings is 1. The standard InChI is InChI=1S/C18H25FN2O2/c1-23-17-5-4-14(10-16(17)19)11-18(22)21-8-6-15(7-9-21)20-12-13-2-3-13/h4-5,10,13,15,20H,2-3,6-9,11-12H2,1H3. The molecule has 0 bridgehead atoms. The number of hydrogen-bond donors (Lipinski definition) is 1. The quantitative estimate of drug-likeness (QED) is 0.875. The molecule has 0 unspecified atom stereocenters. The number of nitrogens with zero attached hydrogens (tertiary/aromatic N) is 1. The van der Waals surface area contributed by atoms with Gasteiger partial charge in [0, 0.05) is 19.1 Å². The second kappa shape index (κ2) is 7.30. The largest absolute Gasteiger partial charge is 0.494 e. The van der Waals surface area contributed by atoms with Gasteiger partial charge in [-0.05, 0) is 55.8 Å². The number of rotatable bonds is 6. The molecule has 1 aliphatic heterocycles. The Labute approximate surface area is 137 Å². The predicted octanol–water partition coefficient (Wildman–Crippen LogP) is 2.37. The van der Waals surface area contributed by atoms with Crippen molar-refractivity contribution in [2.75, 3.05) is 26.7 Å². The van der Waals surface area contributed by atoms with Gasteiger partial charge < -0.3 is 15.0 Å². The molecule has 2 fully saturated rings. The zero-order chi connectivity index (χ0) is 16.2. The first-order valence-electron chi connectivity index (χ1n) is 8.49. The van der Waals surface area contributed by atoms with Crippen molar-refractivity contribution in [2.45, 2.75) is 38.1 Å². The van der Waals surface area contributed by atoms with Gasteiger partial charge in [-0.25, -0.2) is 4.39 Å². The number of nitrogens with one attached hydrogen (secondary N) is 1. The number of methoxy groups -OCH3 is 1. The van der Waals surface area contributed by atoms with E-state index in [4.69, 9.17) is 4.74 Å². The zero-order valence-corrected chi connectivity index (χ0v) is 13.7. The van der Waals surface area contributed by atoms with E-state index in [1.54, 1.807) is 12.1 Å². The summed E-state index contributed by atoms with van der Waals surface area (Å²) in [5.41, 5.74) is 0.697. The molecule has 0 aromatic heterocycles. The van der Waals surface area contributed by atoms with Gasteiger partial charge in [0.05, 0.1) is 13.5 Å². The molecule has 0 atom stereocenters. The molecular weight excluding hydrogens is 295 g/mol. The van der Waals surface area contributed by atoms with Crippen LogP contribution in [0.2, 0.25) is 0 Å². The van der Waals surface area contributed by atoms with Crippen molar-refractivity contribution in [2.24, 2.45) is 5.92 Å². The molecule has 1 saturated carbocycles. The van der Waals surface area contributed by atoms with Gasteiger partial charge in [0.2, 0.25) is 5.91 Å². The minimum absolute atomic E-state index is 0.0789. The number of amides is 1. The first-order valence-corrected chi connectivity index (χ1v) is 8.49. The van der Waals surface area contributed by atoms with Crippen LogP contribution in [0.25, 0.3) is 0 Å². The lowest BCUT2D eigenvalue weighted by Gasteiger charge is -2.32. The summed E-state index contributed by atoms with van der Waals surface area (Å²) in [5, 5.41) is 3.61. The number of benzene rings is 1. The molecule has 4 nitrogen and oxygen atoms in total. The molecule has 1 saturated heterocycles. The number of likely N-dealkylation sites (tertiary alicyclic amines) is 1. The molecule has 0 spiro atoms. The van der Waals surface area contributed by atoms with E-state index in [1.165, 1.54) is 26.0 Å². The third-order valence-electron chi connectivity index (χ3n) is 4.81. The van der Waals surface area contributed by atoms with E-state index in [0.717, 1.165) is 38.4 Å². The summed E-state index contributed by atoms with van der Waals surface area (Å²) in [6.45, 7) is 2.71. The van der Waals surface area contributed by atoms with Gasteiger partial charge in [-0.1, -0.05) is 6.07 Å². The van der Waals surface area contributed by atoms with E-state index in [9.17, 15) is 9.18 Å². The smallest absolute Gasteiger partial charge is 0.226 e. The maximum Gasteiger partial charge on any atom is 0.226 e. The second-order valence-electron chi connectivity index (χ2n) is 6.65. The first kappa shape index (κ1) is 16.2. The molecule has 23 heavy (non-hydrogen) atoms. The highest BCUT2D eigenvalue weighted by atomic mass is 19.1. The number of carbonyl (C=O) groups excluding carboxylic acids is 1. The fourth-order valence-corrected chi connectivity index (χ4v) is 3.09. The zero-order valence-electron chi connectivity index (χ0n) is 13.7. The molecule has 1 heterocycles. The maximum atomic E-state index is 13.7. The van der Waals surface area contributed by atoms with Gasteiger partial charge in [-0.3, -0.25) is 4.79 Å². The molecule has 1 amide bonds. The van der Waals surface area contributed by atoms with E-state index in [2.05, 4.69) is 5.32 Å². The normalized spacial score (nSPS) is 19.0. The fourth-order valence-electron chi connectivity index (χ4n) is 3.09. The summed E-state index contributed by atoms with van der Waals surface area (Å²) in [5.74, 6) is 0.763. The monoisotopic (exact) mass is 320 g/mol. The Morgan fingerprint density at radius 3 is 2.65 bits per heavy atom. The summed E-state index contributed by atoms with van der Waals surface area (Å²) in [7, 11) is 1.44. The average molecular weight is 320 g/mol. The molecule has 126 valence electrons. The summed E-state index contributed by atoms with van der Waals surface area (Å²) in [4.78, 5) is 14.3. The lowest BCUT2D eigenvalue weighted by molar-refractivity contribution is -0.131. The molecule has 0 radical (unpaired) electrons. The van der Waals surface area contributed by atoms with E-state index in [-0.39, 0.29) is 18.1 Å². The fraction of sp³-hybridized carbons (Fsp3) is 0.611. The van der Waals surface area contributed by atoms with Crippen molar-refractivity contribution >= 4 is 5.91 Å². The number of ether oxygens (including phenoxy) is 1. The van der Waals surface area contributed by atoms with Crippen LogP contribution < -0.4 is 10.1 Å². The molecule has 1 aromatic rings. The van der Waals surface area contributed by atoms with Gasteiger partial charge in [-0.2, -0.15) is 0 Å². The molecule has 3 rings (SSSR count). The molecule has 2 aliphatic rings. The summed E-state index contributed by atoms with van der Waals surface area (Å²) < 4.78 is 18.6. The van der Waals surface area contributed by atoms with Crippen LogP contribution in [0.1, 0.15) is 31.2 Å². The Kier molecular flexibility index (Phi) is 5.16. The first-order chi connectivity index (χ1) is 11.2. The van der Waals surface area contributed by atoms with Gasteiger partial charge >= 0.3 is 0 Å². The number of halogens is 1. The van der Waals surface area contributed by atoms with Crippen molar-refractivity contribution in [1.82, 2.24) is 10.2 Å². The molecular formula is C18H25FN2O2. The maximum absolute atomic E-state index is 13.7. The van der Waals surface area contributed by atoms with Crippen LogP contribution in [0.15, 0.2) is 18.2 Å². The van der Waals surface area contributed by atoms with Crippen molar-refractivity contribution in [3.05, 3.63) is 29.6 Å². The van der Waals surface area contributed by atoms with Gasteiger partial charge in [0.15, 0.2) is 11.6 Å². The van der Waals surface area contributed by atoms with Crippen LogP contribution in [0.3, 0.4) is 0 Å². The molecule has 1 N–H and O–H groups in total. The third kappa shape index (κ3) is 4.44. The third-order valence-corrected chi connectivity index (χ3v) is 4.81. The van der Waals surface area contributed by atoms with Crippen LogP contribution >= 0.6 is 0 Å². The number of hydrogen-bond acceptors (Lipinski definition) is 3. The van der Waals surface area contributed by atoms with Crippen molar-refractivity contribution in [3.8, 4) is 5.75 Å². The van der Waals surface area contributed by atoms with Crippen LogP contribution in [-0.4, -0.2) is 43.6 Å². The lowest BCUT2D eigenvalue weighted by Crippen LogP contribution is -2.45. The van der Waals surface area contributed by atoms with Crippen molar-refractivity contribution in [3.63, 3.8) is 0 Å². The van der Waals surface area contributed by atoms with Crippen molar-refractivity contribution < 1.29 is 13.9 Å². The predicted molar refractivity (Wildman–Crippen MR) is 87.0 cm³/mol. The van der Waals surface area contributed by atoms with Crippen LogP contribution in [0.4, 0.5) is 4.39 Å². The molecule has 1 aromatic carbocycles. The summed E-state index contributed by atoms with van der Waals surface area (Å²) >= 11 is 0. The van der Waals surface area contributed by atoms with E-state index >= 15 is 0 Å². The van der Waals surface area contributed by atoms with E-state index < -0.39 is 5.82 Å². The van der Waals surface area contributed by atoms with Gasteiger partial charge in [0.25, 0.3) is 0 Å². The summed E-state index contributed by atoms with van der Waals surface area (Å²) in [6, 6.07) is 5.26. The SMILES string of the molecule is COc1ccc(CC(=O)N2CCC(NCC3CC3)CC2)cc1F. The molecule has 5 heteroatoms. The van der Waals surface area contributed by atoms with Gasteiger partial charge in [0.1, 0.15) is 0 Å². The van der Waals surface area contributed by atoms with E-state index in [1.807, 2.05) is 4.90 Å². The van der Waals surface area contributed by atoms with Crippen molar-refractivity contribution in [1.29, 1.82) is 0 Å². The Hall–Kier alpha value is -1.62. The topological polar surface area (TPSA) is 41.6 Å². The Morgan fingerprint density at radius 2 is 2.04 bits per heavy atom. The highest BCUT2D eigenvalue weighted by Gasteiger charge is 2.26. The molecule has 1 aliphatic carbocycles. The van der Waals surface area contributed by atoms with Crippen LogP contribution in [-0.2, 0) is 11.2 Å². The second-order valence-corrected chi connectivity index (χ2v) is 6.65. The minimum Gasteiger partial charge on any atom is -0.494 e. The van der Waals surface area contributed by atoms with Crippen LogP contribution in [0, 0.1) is 11.7 Å².